The summed E-state index contributed by atoms with van der Waals surface area (Å²) in [5.41, 5.74) is 3.27. The zero-order valence-corrected chi connectivity index (χ0v) is 14.8. The number of benzene rings is 1. The van der Waals surface area contributed by atoms with E-state index in [0.29, 0.717) is 0 Å². The SMILES string of the molecule is Cc1nc(Nc2cccc(C(C)O)c2)c2c3c(sc2n1)CCCC3. The maximum Gasteiger partial charge on any atom is 0.143 e. The summed E-state index contributed by atoms with van der Waals surface area (Å²) in [5, 5.41) is 14.5. The molecule has 1 unspecified atom stereocenters. The molecule has 2 N–H and O–H groups in total. The Hall–Kier alpha value is -1.98. The van der Waals surface area contributed by atoms with E-state index in [0.717, 1.165) is 40.6 Å². The third kappa shape index (κ3) is 2.78. The van der Waals surface area contributed by atoms with E-state index in [2.05, 4.69) is 15.3 Å². The minimum absolute atomic E-state index is 0.479. The lowest BCUT2D eigenvalue weighted by Gasteiger charge is -2.14. The van der Waals surface area contributed by atoms with E-state index >= 15 is 0 Å². The van der Waals surface area contributed by atoms with E-state index in [-0.39, 0.29) is 0 Å². The van der Waals surface area contributed by atoms with Gasteiger partial charge in [0, 0.05) is 10.6 Å². The normalized spacial score (nSPS) is 15.3. The van der Waals surface area contributed by atoms with Crippen LogP contribution in [0.4, 0.5) is 11.5 Å². The van der Waals surface area contributed by atoms with Crippen molar-refractivity contribution in [1.82, 2.24) is 9.97 Å². The summed E-state index contributed by atoms with van der Waals surface area (Å²) < 4.78 is 0. The molecule has 0 amide bonds. The molecule has 1 atom stereocenters. The summed E-state index contributed by atoms with van der Waals surface area (Å²) in [6.45, 7) is 3.72. The molecule has 4 nitrogen and oxygen atoms in total. The van der Waals surface area contributed by atoms with Gasteiger partial charge in [0.1, 0.15) is 16.5 Å². The molecule has 0 fully saturated rings. The molecule has 0 aliphatic heterocycles. The van der Waals surface area contributed by atoms with E-state index in [4.69, 9.17) is 0 Å². The largest absolute Gasteiger partial charge is 0.389 e. The van der Waals surface area contributed by atoms with Gasteiger partial charge in [0.25, 0.3) is 0 Å². The fourth-order valence-corrected chi connectivity index (χ4v) is 4.67. The van der Waals surface area contributed by atoms with Crippen LogP contribution in [0.3, 0.4) is 0 Å². The highest BCUT2D eigenvalue weighted by atomic mass is 32.1. The summed E-state index contributed by atoms with van der Waals surface area (Å²) >= 11 is 1.82. The maximum atomic E-state index is 9.80. The summed E-state index contributed by atoms with van der Waals surface area (Å²) in [5.74, 6) is 1.68. The lowest BCUT2D eigenvalue weighted by atomic mass is 9.97. The predicted molar refractivity (Wildman–Crippen MR) is 99.2 cm³/mol. The zero-order chi connectivity index (χ0) is 16.7. The van der Waals surface area contributed by atoms with Crippen LogP contribution in [-0.4, -0.2) is 15.1 Å². The topological polar surface area (TPSA) is 58.0 Å². The number of aryl methyl sites for hydroxylation is 3. The van der Waals surface area contributed by atoms with Gasteiger partial charge in [-0.15, -0.1) is 11.3 Å². The standard InChI is InChI=1S/C19H21N3OS/c1-11(23)13-6-5-7-14(10-13)22-18-17-15-8-3-4-9-16(15)24-19(17)21-12(2)20-18/h5-7,10-11,23H,3-4,8-9H2,1-2H3,(H,20,21,22). The quantitative estimate of drug-likeness (QED) is 0.728. The molecule has 3 aromatic rings. The first-order valence-electron chi connectivity index (χ1n) is 8.46. The molecule has 0 saturated heterocycles. The molecule has 4 rings (SSSR count). The van der Waals surface area contributed by atoms with Crippen molar-refractivity contribution in [1.29, 1.82) is 0 Å². The van der Waals surface area contributed by atoms with E-state index in [1.807, 2.05) is 42.5 Å². The molecule has 124 valence electrons. The Morgan fingerprint density at radius 3 is 2.88 bits per heavy atom. The lowest BCUT2D eigenvalue weighted by Crippen LogP contribution is -2.02. The van der Waals surface area contributed by atoms with E-state index in [1.165, 1.54) is 28.7 Å². The number of aliphatic hydroxyl groups is 1. The molecule has 0 radical (unpaired) electrons. The van der Waals surface area contributed by atoms with Gasteiger partial charge in [-0.25, -0.2) is 9.97 Å². The highest BCUT2D eigenvalue weighted by molar-refractivity contribution is 7.19. The van der Waals surface area contributed by atoms with Crippen LogP contribution in [0.5, 0.6) is 0 Å². The average Bonchev–Trinajstić information content (AvgIpc) is 2.93. The molecule has 0 spiro atoms. The van der Waals surface area contributed by atoms with Crippen LogP contribution in [0.1, 0.15) is 47.7 Å². The number of fused-ring (bicyclic) bond motifs is 3. The van der Waals surface area contributed by atoms with Gasteiger partial charge in [-0.05, 0) is 62.8 Å². The van der Waals surface area contributed by atoms with Crippen LogP contribution in [0, 0.1) is 6.92 Å². The third-order valence-corrected chi connectivity index (χ3v) is 5.74. The Labute approximate surface area is 145 Å². The highest BCUT2D eigenvalue weighted by Crippen LogP contribution is 2.39. The molecule has 2 aromatic heterocycles. The molecule has 1 aliphatic rings. The van der Waals surface area contributed by atoms with Gasteiger partial charge >= 0.3 is 0 Å². The monoisotopic (exact) mass is 339 g/mol. The van der Waals surface area contributed by atoms with E-state index in [1.54, 1.807) is 6.92 Å². The first kappa shape index (κ1) is 15.5. The molecule has 5 heteroatoms. The summed E-state index contributed by atoms with van der Waals surface area (Å²) in [6.07, 6.45) is 4.30. The number of aromatic nitrogens is 2. The maximum absolute atomic E-state index is 9.80. The third-order valence-electron chi connectivity index (χ3n) is 4.56. The van der Waals surface area contributed by atoms with Gasteiger partial charge < -0.3 is 10.4 Å². The van der Waals surface area contributed by atoms with Crippen molar-refractivity contribution in [3.63, 3.8) is 0 Å². The van der Waals surface area contributed by atoms with Crippen molar-refractivity contribution in [2.24, 2.45) is 0 Å². The second kappa shape index (κ2) is 6.15. The highest BCUT2D eigenvalue weighted by Gasteiger charge is 2.20. The predicted octanol–water partition coefficient (Wildman–Crippen LogP) is 4.68. The van der Waals surface area contributed by atoms with Crippen molar-refractivity contribution in [2.75, 3.05) is 5.32 Å². The first-order chi connectivity index (χ1) is 11.6. The van der Waals surface area contributed by atoms with Gasteiger partial charge in [-0.2, -0.15) is 0 Å². The second-order valence-electron chi connectivity index (χ2n) is 6.44. The molecule has 24 heavy (non-hydrogen) atoms. The molecule has 2 heterocycles. The Morgan fingerprint density at radius 2 is 2.04 bits per heavy atom. The number of hydrogen-bond donors (Lipinski definition) is 2. The van der Waals surface area contributed by atoms with Crippen molar-refractivity contribution in [2.45, 2.75) is 45.6 Å². The molecular formula is C19H21N3OS. The van der Waals surface area contributed by atoms with Crippen molar-refractivity contribution in [3.8, 4) is 0 Å². The number of anilines is 2. The summed E-state index contributed by atoms with van der Waals surface area (Å²) in [7, 11) is 0. The van der Waals surface area contributed by atoms with Crippen LogP contribution < -0.4 is 5.32 Å². The average molecular weight is 339 g/mol. The van der Waals surface area contributed by atoms with Crippen LogP contribution in [0.25, 0.3) is 10.2 Å². The van der Waals surface area contributed by atoms with Crippen LogP contribution in [-0.2, 0) is 12.8 Å². The first-order valence-corrected chi connectivity index (χ1v) is 9.27. The van der Waals surface area contributed by atoms with Crippen LogP contribution in [0.15, 0.2) is 24.3 Å². The van der Waals surface area contributed by atoms with Gasteiger partial charge in [-0.3, -0.25) is 0 Å². The number of nitrogens with zero attached hydrogens (tertiary/aromatic N) is 2. The van der Waals surface area contributed by atoms with Crippen molar-refractivity contribution < 1.29 is 5.11 Å². The number of nitrogens with one attached hydrogen (secondary N) is 1. The van der Waals surface area contributed by atoms with Crippen LogP contribution in [0.2, 0.25) is 0 Å². The minimum Gasteiger partial charge on any atom is -0.389 e. The molecule has 1 aliphatic carbocycles. The van der Waals surface area contributed by atoms with Crippen molar-refractivity contribution >= 4 is 33.1 Å². The molecule has 1 aromatic carbocycles. The smallest absolute Gasteiger partial charge is 0.143 e. The Kier molecular flexibility index (Phi) is 3.98. The van der Waals surface area contributed by atoms with Gasteiger partial charge in [-0.1, -0.05) is 12.1 Å². The molecule has 0 saturated carbocycles. The second-order valence-corrected chi connectivity index (χ2v) is 7.52. The Balaban J connectivity index is 1.81. The van der Waals surface area contributed by atoms with Crippen molar-refractivity contribution in [3.05, 3.63) is 46.1 Å². The van der Waals surface area contributed by atoms with E-state index < -0.39 is 6.10 Å². The fourth-order valence-electron chi connectivity index (χ4n) is 3.37. The molecular weight excluding hydrogens is 318 g/mol. The zero-order valence-electron chi connectivity index (χ0n) is 14.0. The summed E-state index contributed by atoms with van der Waals surface area (Å²) in [6, 6.07) is 7.88. The lowest BCUT2D eigenvalue weighted by molar-refractivity contribution is 0.199. The van der Waals surface area contributed by atoms with Gasteiger partial charge in [0.05, 0.1) is 11.5 Å². The fraction of sp³-hybridized carbons (Fsp3) is 0.368. The number of thiophene rings is 1. The van der Waals surface area contributed by atoms with Gasteiger partial charge in [0.15, 0.2) is 0 Å². The molecule has 0 bridgehead atoms. The van der Waals surface area contributed by atoms with Crippen LogP contribution >= 0.6 is 11.3 Å². The number of rotatable bonds is 3. The number of hydrogen-bond acceptors (Lipinski definition) is 5. The Morgan fingerprint density at radius 1 is 1.21 bits per heavy atom. The minimum atomic E-state index is -0.479. The number of aliphatic hydroxyl groups excluding tert-OH is 1. The van der Waals surface area contributed by atoms with Gasteiger partial charge in [0.2, 0.25) is 0 Å². The Bertz CT molecular complexity index is 901. The van der Waals surface area contributed by atoms with E-state index in [9.17, 15) is 5.11 Å². The summed E-state index contributed by atoms with van der Waals surface area (Å²) in [4.78, 5) is 11.9.